The van der Waals surface area contributed by atoms with E-state index < -0.39 is 5.91 Å². The topological polar surface area (TPSA) is 89.0 Å². The Kier molecular flexibility index (Phi) is 7.37. The van der Waals surface area contributed by atoms with E-state index in [1.165, 1.54) is 7.11 Å². The largest absolute Gasteiger partial charge is 0.495 e. The Morgan fingerprint density at radius 2 is 1.74 bits per heavy atom. The van der Waals surface area contributed by atoms with E-state index in [0.717, 1.165) is 5.56 Å². The molecule has 0 heterocycles. The van der Waals surface area contributed by atoms with Crippen molar-refractivity contribution in [2.45, 2.75) is 20.3 Å². The van der Waals surface area contributed by atoms with Crippen molar-refractivity contribution in [2.75, 3.05) is 19.0 Å². The van der Waals surface area contributed by atoms with Crippen molar-refractivity contribution in [3.63, 3.8) is 0 Å². The number of rotatable bonds is 8. The van der Waals surface area contributed by atoms with Crippen LogP contribution in [0.4, 0.5) is 5.69 Å². The molecule has 0 aliphatic rings. The number of amides is 2. The molecule has 0 aliphatic carbocycles. The molecule has 2 aromatic rings. The Morgan fingerprint density at radius 1 is 1.04 bits per heavy atom. The molecule has 0 atom stereocenters. The summed E-state index contributed by atoms with van der Waals surface area (Å²) in [7, 11) is 1.53. The van der Waals surface area contributed by atoms with Gasteiger partial charge in [0.15, 0.2) is 6.61 Å². The molecule has 27 heavy (non-hydrogen) atoms. The van der Waals surface area contributed by atoms with Gasteiger partial charge in [0, 0.05) is 5.71 Å². The van der Waals surface area contributed by atoms with Gasteiger partial charge in [0.25, 0.3) is 5.91 Å². The lowest BCUT2D eigenvalue weighted by Crippen LogP contribution is -2.26. The van der Waals surface area contributed by atoms with Gasteiger partial charge < -0.3 is 14.8 Å². The quantitative estimate of drug-likeness (QED) is 0.553. The number of hydrazone groups is 1. The van der Waals surface area contributed by atoms with Gasteiger partial charge in [0.05, 0.1) is 19.2 Å². The predicted octanol–water partition coefficient (Wildman–Crippen LogP) is 2.90. The minimum Gasteiger partial charge on any atom is -0.495 e. The molecule has 0 saturated heterocycles. The molecule has 2 aromatic carbocycles. The second-order valence-corrected chi connectivity index (χ2v) is 5.91. The minimum absolute atomic E-state index is 0.0388. The smallest absolute Gasteiger partial charge is 0.277 e. The summed E-state index contributed by atoms with van der Waals surface area (Å²) in [4.78, 5) is 23.9. The molecule has 0 radical (unpaired) electrons. The average molecular weight is 369 g/mol. The van der Waals surface area contributed by atoms with Gasteiger partial charge in [0.1, 0.15) is 11.5 Å². The lowest BCUT2D eigenvalue weighted by molar-refractivity contribution is -0.123. The molecule has 0 bridgehead atoms. The summed E-state index contributed by atoms with van der Waals surface area (Å²) in [6.07, 6.45) is 0.0388. The Balaban J connectivity index is 1.78. The Morgan fingerprint density at radius 3 is 2.44 bits per heavy atom. The molecule has 2 rings (SSSR count). The third kappa shape index (κ3) is 6.81. The molecule has 0 aliphatic heterocycles. The van der Waals surface area contributed by atoms with Crippen LogP contribution in [-0.2, 0) is 9.59 Å². The number of nitrogens with one attached hydrogen (secondary N) is 2. The SMILES string of the molecule is COc1ccccc1NC(=O)C/C(C)=N/NC(=O)COc1ccc(C)cc1. The predicted molar refractivity (Wildman–Crippen MR) is 104 cm³/mol. The maximum atomic E-state index is 12.1. The number of methoxy groups -OCH3 is 1. The average Bonchev–Trinajstić information content (AvgIpc) is 2.66. The van der Waals surface area contributed by atoms with Crippen LogP contribution in [0.1, 0.15) is 18.9 Å². The molecular weight excluding hydrogens is 346 g/mol. The molecule has 0 aromatic heterocycles. The van der Waals surface area contributed by atoms with Crippen molar-refractivity contribution >= 4 is 23.2 Å². The van der Waals surface area contributed by atoms with Gasteiger partial charge >= 0.3 is 0 Å². The fourth-order valence-electron chi connectivity index (χ4n) is 2.19. The van der Waals surface area contributed by atoms with Gasteiger partial charge in [-0.3, -0.25) is 9.59 Å². The van der Waals surface area contributed by atoms with Gasteiger partial charge in [-0.25, -0.2) is 5.43 Å². The first-order valence-corrected chi connectivity index (χ1v) is 8.42. The molecule has 0 fully saturated rings. The third-order valence-electron chi connectivity index (χ3n) is 3.56. The second-order valence-electron chi connectivity index (χ2n) is 5.91. The van der Waals surface area contributed by atoms with Crippen LogP contribution in [-0.4, -0.2) is 31.2 Å². The molecule has 142 valence electrons. The van der Waals surface area contributed by atoms with Crippen LogP contribution in [0.3, 0.4) is 0 Å². The Bertz CT molecular complexity index is 816. The highest BCUT2D eigenvalue weighted by molar-refractivity contribution is 6.06. The molecule has 2 amide bonds. The zero-order valence-electron chi connectivity index (χ0n) is 15.6. The number of hydrogen-bond acceptors (Lipinski definition) is 5. The van der Waals surface area contributed by atoms with Crippen molar-refractivity contribution in [3.05, 3.63) is 54.1 Å². The van der Waals surface area contributed by atoms with Crippen LogP contribution in [0, 0.1) is 6.92 Å². The number of para-hydroxylation sites is 2. The molecule has 2 N–H and O–H groups in total. The van der Waals surface area contributed by atoms with Gasteiger partial charge in [-0.2, -0.15) is 5.10 Å². The number of anilines is 1. The summed E-state index contributed by atoms with van der Waals surface area (Å²) in [6, 6.07) is 14.5. The Labute approximate surface area is 158 Å². The van der Waals surface area contributed by atoms with Crippen molar-refractivity contribution in [2.24, 2.45) is 5.10 Å². The molecule has 7 nitrogen and oxygen atoms in total. The number of nitrogens with zero attached hydrogens (tertiary/aromatic N) is 1. The fourth-order valence-corrected chi connectivity index (χ4v) is 2.19. The van der Waals surface area contributed by atoms with Gasteiger partial charge in [0.2, 0.25) is 5.91 Å². The van der Waals surface area contributed by atoms with E-state index in [4.69, 9.17) is 9.47 Å². The number of benzene rings is 2. The number of carbonyl (C=O) groups excluding carboxylic acids is 2. The summed E-state index contributed by atoms with van der Waals surface area (Å²) < 4.78 is 10.6. The lowest BCUT2D eigenvalue weighted by Gasteiger charge is -2.09. The maximum Gasteiger partial charge on any atom is 0.277 e. The summed E-state index contributed by atoms with van der Waals surface area (Å²) in [5, 5.41) is 6.67. The summed E-state index contributed by atoms with van der Waals surface area (Å²) in [6.45, 7) is 3.47. The molecule has 7 heteroatoms. The van der Waals surface area contributed by atoms with Gasteiger partial charge in [-0.1, -0.05) is 29.8 Å². The number of aryl methyl sites for hydroxylation is 1. The minimum atomic E-state index is -0.403. The van der Waals surface area contributed by atoms with Gasteiger partial charge in [-0.05, 0) is 38.1 Å². The van der Waals surface area contributed by atoms with E-state index >= 15 is 0 Å². The van der Waals surface area contributed by atoms with E-state index in [1.54, 1.807) is 37.3 Å². The first kappa shape index (κ1) is 20.0. The third-order valence-corrected chi connectivity index (χ3v) is 3.56. The second kappa shape index (κ2) is 9.96. The summed E-state index contributed by atoms with van der Waals surface area (Å²) in [5.74, 6) is 0.514. The highest BCUT2D eigenvalue weighted by Crippen LogP contribution is 2.23. The zero-order valence-corrected chi connectivity index (χ0v) is 15.6. The first-order valence-electron chi connectivity index (χ1n) is 8.42. The monoisotopic (exact) mass is 369 g/mol. The highest BCUT2D eigenvalue weighted by atomic mass is 16.5. The molecule has 0 saturated carbocycles. The van der Waals surface area contributed by atoms with Gasteiger partial charge in [-0.15, -0.1) is 0 Å². The summed E-state index contributed by atoms with van der Waals surface area (Å²) >= 11 is 0. The van der Waals surface area contributed by atoms with Crippen LogP contribution in [0.15, 0.2) is 53.6 Å². The van der Waals surface area contributed by atoms with E-state index in [-0.39, 0.29) is 18.9 Å². The van der Waals surface area contributed by atoms with Crippen LogP contribution in [0.2, 0.25) is 0 Å². The fraction of sp³-hybridized carbons (Fsp3) is 0.250. The maximum absolute atomic E-state index is 12.1. The standard InChI is InChI=1S/C20H23N3O4/c1-14-8-10-16(11-9-14)27-13-20(25)23-22-15(2)12-19(24)21-17-6-4-5-7-18(17)26-3/h4-11H,12-13H2,1-3H3,(H,21,24)(H,23,25)/b22-15+. The highest BCUT2D eigenvalue weighted by Gasteiger charge is 2.09. The lowest BCUT2D eigenvalue weighted by atomic mass is 10.2. The number of carbonyl (C=O) groups is 2. The van der Waals surface area contributed by atoms with Crippen molar-refractivity contribution in [1.82, 2.24) is 5.43 Å². The van der Waals surface area contributed by atoms with Crippen molar-refractivity contribution < 1.29 is 19.1 Å². The van der Waals surface area contributed by atoms with Crippen molar-refractivity contribution in [1.29, 1.82) is 0 Å². The van der Waals surface area contributed by atoms with Crippen LogP contribution < -0.4 is 20.2 Å². The van der Waals surface area contributed by atoms with Crippen LogP contribution in [0.25, 0.3) is 0 Å². The molecular formula is C20H23N3O4. The Hall–Kier alpha value is -3.35. The van der Waals surface area contributed by atoms with Crippen LogP contribution >= 0.6 is 0 Å². The normalized spacial score (nSPS) is 10.9. The van der Waals surface area contributed by atoms with Crippen molar-refractivity contribution in [3.8, 4) is 11.5 Å². The summed E-state index contributed by atoms with van der Waals surface area (Å²) in [5.41, 5.74) is 4.53. The van der Waals surface area contributed by atoms with Crippen LogP contribution in [0.5, 0.6) is 11.5 Å². The zero-order chi connectivity index (χ0) is 19.6. The first-order chi connectivity index (χ1) is 13.0. The number of hydrogen-bond donors (Lipinski definition) is 2. The molecule has 0 spiro atoms. The molecule has 0 unspecified atom stereocenters. The number of ether oxygens (including phenoxy) is 2. The van der Waals surface area contributed by atoms with E-state index in [9.17, 15) is 9.59 Å². The van der Waals surface area contributed by atoms with E-state index in [2.05, 4.69) is 15.8 Å². The van der Waals surface area contributed by atoms with E-state index in [0.29, 0.717) is 22.9 Å². The van der Waals surface area contributed by atoms with E-state index in [1.807, 2.05) is 25.1 Å².